The molecule has 19 heavy (non-hydrogen) atoms. The first-order valence-corrected chi connectivity index (χ1v) is 6.92. The van der Waals surface area contributed by atoms with Crippen LogP contribution in [-0.4, -0.2) is 23.6 Å². The van der Waals surface area contributed by atoms with Crippen molar-refractivity contribution in [1.29, 1.82) is 0 Å². The standard InChI is InChI=1S/C16H21N3/c1-11-4-5-13(8-12(11)2)14-9-18-15(19-14)16(6-7-16)10-17-3/h4-5,8-9,17H,6-7,10H2,1-3H3,(H,18,19). The van der Waals surface area contributed by atoms with Crippen LogP contribution in [0.1, 0.15) is 29.8 Å². The third kappa shape index (κ3) is 2.19. The highest BCUT2D eigenvalue weighted by Crippen LogP contribution is 2.46. The van der Waals surface area contributed by atoms with Gasteiger partial charge in [-0.3, -0.25) is 0 Å². The van der Waals surface area contributed by atoms with Gasteiger partial charge in [-0.05, 0) is 56.5 Å². The van der Waals surface area contributed by atoms with Crippen LogP contribution in [0.5, 0.6) is 0 Å². The van der Waals surface area contributed by atoms with Crippen molar-refractivity contribution in [3.63, 3.8) is 0 Å². The second-order valence-electron chi connectivity index (χ2n) is 5.76. The number of aromatic amines is 1. The average Bonchev–Trinajstić information content (AvgIpc) is 3.01. The lowest BCUT2D eigenvalue weighted by Crippen LogP contribution is -2.24. The molecule has 0 spiro atoms. The molecule has 3 heteroatoms. The molecule has 0 saturated heterocycles. The number of aryl methyl sites for hydroxylation is 2. The van der Waals surface area contributed by atoms with Gasteiger partial charge in [-0.25, -0.2) is 4.98 Å². The zero-order valence-corrected chi connectivity index (χ0v) is 11.9. The van der Waals surface area contributed by atoms with E-state index in [0.29, 0.717) is 0 Å². The first-order chi connectivity index (χ1) is 9.14. The maximum absolute atomic E-state index is 4.60. The van der Waals surface area contributed by atoms with Gasteiger partial charge in [0, 0.05) is 12.0 Å². The fraction of sp³-hybridized carbons (Fsp3) is 0.438. The average molecular weight is 255 g/mol. The first kappa shape index (κ1) is 12.4. The van der Waals surface area contributed by atoms with Gasteiger partial charge in [-0.15, -0.1) is 0 Å². The third-order valence-corrected chi connectivity index (χ3v) is 4.26. The number of nitrogens with one attached hydrogen (secondary N) is 2. The fourth-order valence-corrected chi connectivity index (χ4v) is 2.63. The summed E-state index contributed by atoms with van der Waals surface area (Å²) in [6.45, 7) is 5.30. The lowest BCUT2D eigenvalue weighted by atomic mass is 10.0. The molecule has 1 heterocycles. The molecule has 1 aliphatic carbocycles. The van der Waals surface area contributed by atoms with E-state index in [0.717, 1.165) is 18.1 Å². The lowest BCUT2D eigenvalue weighted by Gasteiger charge is -2.11. The Morgan fingerprint density at radius 2 is 2.05 bits per heavy atom. The van der Waals surface area contributed by atoms with Crippen molar-refractivity contribution in [3.8, 4) is 11.3 Å². The minimum Gasteiger partial charge on any atom is -0.342 e. The smallest absolute Gasteiger partial charge is 0.114 e. The Kier molecular flexibility index (Phi) is 2.94. The van der Waals surface area contributed by atoms with E-state index in [1.165, 1.54) is 29.5 Å². The van der Waals surface area contributed by atoms with E-state index in [2.05, 4.69) is 47.3 Å². The Balaban J connectivity index is 1.91. The summed E-state index contributed by atoms with van der Waals surface area (Å²) < 4.78 is 0. The van der Waals surface area contributed by atoms with Crippen molar-refractivity contribution >= 4 is 0 Å². The van der Waals surface area contributed by atoms with Gasteiger partial charge in [-0.1, -0.05) is 12.1 Å². The molecule has 0 amide bonds. The summed E-state index contributed by atoms with van der Waals surface area (Å²) in [5, 5.41) is 3.27. The lowest BCUT2D eigenvalue weighted by molar-refractivity contribution is 0.594. The molecule has 0 unspecified atom stereocenters. The number of imidazole rings is 1. The van der Waals surface area contributed by atoms with E-state index in [-0.39, 0.29) is 5.41 Å². The highest BCUT2D eigenvalue weighted by molar-refractivity contribution is 5.60. The van der Waals surface area contributed by atoms with Gasteiger partial charge in [0.1, 0.15) is 5.82 Å². The van der Waals surface area contributed by atoms with Crippen molar-refractivity contribution in [2.75, 3.05) is 13.6 Å². The number of likely N-dealkylation sites (N-methyl/N-ethyl adjacent to an activating group) is 1. The monoisotopic (exact) mass is 255 g/mol. The number of nitrogens with zero attached hydrogens (tertiary/aromatic N) is 1. The Morgan fingerprint density at radius 1 is 1.26 bits per heavy atom. The molecule has 1 aliphatic rings. The first-order valence-electron chi connectivity index (χ1n) is 6.92. The van der Waals surface area contributed by atoms with Crippen LogP contribution >= 0.6 is 0 Å². The predicted octanol–water partition coefficient (Wildman–Crippen LogP) is 2.94. The van der Waals surface area contributed by atoms with Gasteiger partial charge in [0.25, 0.3) is 0 Å². The largest absolute Gasteiger partial charge is 0.342 e. The Bertz CT molecular complexity index is 594. The molecule has 0 aliphatic heterocycles. The van der Waals surface area contributed by atoms with E-state index >= 15 is 0 Å². The second-order valence-corrected chi connectivity index (χ2v) is 5.76. The molecular formula is C16H21N3. The van der Waals surface area contributed by atoms with Crippen LogP contribution in [0.15, 0.2) is 24.4 Å². The van der Waals surface area contributed by atoms with E-state index in [4.69, 9.17) is 0 Å². The van der Waals surface area contributed by atoms with Crippen LogP contribution in [0.4, 0.5) is 0 Å². The van der Waals surface area contributed by atoms with Crippen molar-refractivity contribution in [2.24, 2.45) is 0 Å². The number of rotatable bonds is 4. The maximum Gasteiger partial charge on any atom is 0.114 e. The molecule has 1 fully saturated rings. The van der Waals surface area contributed by atoms with Crippen molar-refractivity contribution in [2.45, 2.75) is 32.1 Å². The minimum atomic E-state index is 0.257. The van der Waals surface area contributed by atoms with Gasteiger partial charge in [-0.2, -0.15) is 0 Å². The molecule has 0 atom stereocenters. The van der Waals surface area contributed by atoms with Crippen LogP contribution in [0, 0.1) is 13.8 Å². The van der Waals surface area contributed by atoms with Crippen molar-refractivity contribution in [1.82, 2.24) is 15.3 Å². The maximum atomic E-state index is 4.60. The van der Waals surface area contributed by atoms with E-state index in [1.807, 2.05) is 13.2 Å². The van der Waals surface area contributed by atoms with Gasteiger partial charge < -0.3 is 10.3 Å². The molecule has 1 saturated carbocycles. The molecule has 1 aromatic carbocycles. The van der Waals surface area contributed by atoms with Gasteiger partial charge in [0.15, 0.2) is 0 Å². The quantitative estimate of drug-likeness (QED) is 0.882. The number of hydrogen-bond acceptors (Lipinski definition) is 2. The molecule has 0 radical (unpaired) electrons. The summed E-state index contributed by atoms with van der Waals surface area (Å²) in [5.41, 5.74) is 5.26. The van der Waals surface area contributed by atoms with Crippen LogP contribution in [0.3, 0.4) is 0 Å². The summed E-state index contributed by atoms with van der Waals surface area (Å²) >= 11 is 0. The number of benzene rings is 1. The van der Waals surface area contributed by atoms with Crippen LogP contribution < -0.4 is 5.32 Å². The fourth-order valence-electron chi connectivity index (χ4n) is 2.63. The van der Waals surface area contributed by atoms with Gasteiger partial charge >= 0.3 is 0 Å². The molecule has 2 N–H and O–H groups in total. The van der Waals surface area contributed by atoms with Crippen LogP contribution in [0.2, 0.25) is 0 Å². The van der Waals surface area contributed by atoms with E-state index in [1.54, 1.807) is 0 Å². The molecular weight excluding hydrogens is 234 g/mol. The zero-order chi connectivity index (χ0) is 13.5. The van der Waals surface area contributed by atoms with Gasteiger partial charge in [0.05, 0.1) is 11.9 Å². The number of aromatic nitrogens is 2. The van der Waals surface area contributed by atoms with Crippen LogP contribution in [0.25, 0.3) is 11.3 Å². The molecule has 2 aromatic rings. The van der Waals surface area contributed by atoms with Crippen molar-refractivity contribution < 1.29 is 0 Å². The highest BCUT2D eigenvalue weighted by atomic mass is 15.0. The minimum absolute atomic E-state index is 0.257. The molecule has 3 rings (SSSR count). The summed E-state index contributed by atoms with van der Waals surface area (Å²) in [4.78, 5) is 8.11. The van der Waals surface area contributed by atoms with Gasteiger partial charge in [0.2, 0.25) is 0 Å². The van der Waals surface area contributed by atoms with Crippen LogP contribution in [-0.2, 0) is 5.41 Å². The zero-order valence-electron chi connectivity index (χ0n) is 11.9. The number of H-pyrrole nitrogens is 1. The Hall–Kier alpha value is -1.61. The predicted molar refractivity (Wildman–Crippen MR) is 78.3 cm³/mol. The molecule has 0 bridgehead atoms. The molecule has 3 nitrogen and oxygen atoms in total. The SMILES string of the molecule is CNCC1(c2ncc(-c3ccc(C)c(C)c3)[nH]2)CC1. The van der Waals surface area contributed by atoms with E-state index in [9.17, 15) is 0 Å². The summed E-state index contributed by atoms with van der Waals surface area (Å²) in [5.74, 6) is 1.13. The third-order valence-electron chi connectivity index (χ3n) is 4.26. The summed E-state index contributed by atoms with van der Waals surface area (Å²) in [6, 6.07) is 6.56. The van der Waals surface area contributed by atoms with Crippen molar-refractivity contribution in [3.05, 3.63) is 41.3 Å². The second kappa shape index (κ2) is 4.49. The summed E-state index contributed by atoms with van der Waals surface area (Å²) in [6.07, 6.45) is 4.43. The molecule has 100 valence electrons. The number of hydrogen-bond donors (Lipinski definition) is 2. The highest BCUT2D eigenvalue weighted by Gasteiger charge is 2.46. The van der Waals surface area contributed by atoms with E-state index < -0.39 is 0 Å². The Morgan fingerprint density at radius 3 is 2.68 bits per heavy atom. The summed E-state index contributed by atoms with van der Waals surface area (Å²) in [7, 11) is 2.01. The topological polar surface area (TPSA) is 40.7 Å². The molecule has 1 aromatic heterocycles. The normalized spacial score (nSPS) is 16.6. The Labute approximate surface area is 114 Å².